The van der Waals surface area contributed by atoms with Gasteiger partial charge in [0.15, 0.2) is 0 Å². The van der Waals surface area contributed by atoms with E-state index in [2.05, 4.69) is 51.2 Å². The van der Waals surface area contributed by atoms with Crippen molar-refractivity contribution in [2.45, 2.75) is 64.1 Å². The van der Waals surface area contributed by atoms with Crippen molar-refractivity contribution < 1.29 is 23.1 Å². The van der Waals surface area contributed by atoms with Crippen LogP contribution in [0.2, 0.25) is 0 Å². The second-order valence-electron chi connectivity index (χ2n) is 11.6. The van der Waals surface area contributed by atoms with Gasteiger partial charge in [-0.3, -0.25) is 14.7 Å². The molecule has 1 fully saturated rings. The fraction of sp³-hybridized carbons (Fsp3) is 0.414. The number of nitrogens with zero attached hydrogens (tertiary/aromatic N) is 2. The molecule has 40 heavy (non-hydrogen) atoms. The molecule has 1 aliphatic carbocycles. The smallest absolute Gasteiger partial charge is 0.420 e. The van der Waals surface area contributed by atoms with Crippen LogP contribution in [0.4, 0.5) is 20.2 Å². The van der Waals surface area contributed by atoms with E-state index in [-0.39, 0.29) is 41.0 Å². The molecule has 5 rings (SSSR count). The van der Waals surface area contributed by atoms with E-state index >= 15 is 0 Å². The zero-order chi connectivity index (χ0) is 28.8. The summed E-state index contributed by atoms with van der Waals surface area (Å²) in [5.41, 5.74) is 0.763. The van der Waals surface area contributed by atoms with E-state index in [9.17, 15) is 18.4 Å². The average Bonchev–Trinajstić information content (AvgIpc) is 3.57. The van der Waals surface area contributed by atoms with E-state index in [0.717, 1.165) is 41.9 Å². The second kappa shape index (κ2) is 10.4. The summed E-state index contributed by atoms with van der Waals surface area (Å²) in [4.78, 5) is 27.9. The first-order valence-electron chi connectivity index (χ1n) is 13.2. The molecule has 1 aromatic heterocycles. The Morgan fingerprint density at radius 2 is 1.88 bits per heavy atom. The Bertz CT molecular complexity index is 1400. The predicted molar refractivity (Wildman–Crippen MR) is 150 cm³/mol. The lowest BCUT2D eigenvalue weighted by atomic mass is 9.92. The number of H-pyrrole nitrogens is 1. The van der Waals surface area contributed by atoms with E-state index in [0.29, 0.717) is 11.3 Å². The van der Waals surface area contributed by atoms with Gasteiger partial charge in [0, 0.05) is 60.0 Å². The summed E-state index contributed by atoms with van der Waals surface area (Å²) in [6, 6.07) is 11.3. The van der Waals surface area contributed by atoms with E-state index in [1.165, 1.54) is 24.3 Å². The molecule has 2 aliphatic rings. The summed E-state index contributed by atoms with van der Waals surface area (Å²) in [7, 11) is 0. The predicted octanol–water partition coefficient (Wildman–Crippen LogP) is 6.11. The number of rotatable bonds is 7. The van der Waals surface area contributed by atoms with Crippen molar-refractivity contribution in [3.63, 3.8) is 0 Å². The molecule has 11 heteroatoms. The molecule has 3 N–H and O–H groups in total. The lowest BCUT2D eigenvalue weighted by Crippen LogP contribution is -2.50. The Balaban J connectivity index is 1.53. The number of aromatic nitrogens is 2. The van der Waals surface area contributed by atoms with Gasteiger partial charge in [-0.25, -0.2) is 0 Å². The SMILES string of the molecule is CC(=O)N[C@@H]1CC[C@H]2c3cc(C(=O)Nc4ccc(OC(F)(F)Cl)cc4)cc(-c4ccn[nH]4)c3N(CC(C)(C)C)[C@@H]12. The zero-order valence-corrected chi connectivity index (χ0v) is 23.5. The maximum absolute atomic E-state index is 13.5. The topological polar surface area (TPSA) is 99.4 Å². The molecular weight excluding hydrogens is 540 g/mol. The first kappa shape index (κ1) is 27.9. The number of benzene rings is 2. The number of anilines is 2. The maximum Gasteiger partial charge on any atom is 0.487 e. The molecule has 212 valence electrons. The molecule has 2 amide bonds. The third-order valence-corrected chi connectivity index (χ3v) is 7.31. The van der Waals surface area contributed by atoms with Crippen LogP contribution < -0.4 is 20.3 Å². The van der Waals surface area contributed by atoms with E-state index in [1.807, 2.05) is 18.2 Å². The largest absolute Gasteiger partial charge is 0.487 e. The molecule has 0 spiro atoms. The number of aromatic amines is 1. The van der Waals surface area contributed by atoms with Crippen molar-refractivity contribution in [1.29, 1.82) is 0 Å². The summed E-state index contributed by atoms with van der Waals surface area (Å²) >= 11 is 4.84. The fourth-order valence-electron chi connectivity index (χ4n) is 5.96. The monoisotopic (exact) mass is 571 g/mol. The third kappa shape index (κ3) is 5.91. The molecule has 1 saturated carbocycles. The van der Waals surface area contributed by atoms with Crippen LogP contribution in [0.5, 0.6) is 5.75 Å². The molecule has 0 bridgehead atoms. The van der Waals surface area contributed by atoms with Crippen LogP contribution in [0.15, 0.2) is 48.7 Å². The highest BCUT2D eigenvalue weighted by molar-refractivity contribution is 6.20. The minimum atomic E-state index is -3.82. The second-order valence-corrected chi connectivity index (χ2v) is 12.1. The van der Waals surface area contributed by atoms with Crippen LogP contribution in [0, 0.1) is 5.41 Å². The quantitative estimate of drug-likeness (QED) is 0.297. The van der Waals surface area contributed by atoms with Gasteiger partial charge in [0.25, 0.3) is 5.91 Å². The van der Waals surface area contributed by atoms with Crippen molar-refractivity contribution >= 4 is 34.8 Å². The molecule has 3 atom stereocenters. The van der Waals surface area contributed by atoms with E-state index in [1.54, 1.807) is 13.1 Å². The minimum Gasteiger partial charge on any atom is -0.420 e. The van der Waals surface area contributed by atoms with Gasteiger partial charge in [-0.1, -0.05) is 20.8 Å². The standard InChI is InChI=1S/C29H32ClF2N5O3/c1-16(38)34-24-10-9-20-21-13-17(27(39)35-18-5-7-19(8-6-18)40-29(30,31)32)14-22(23-11-12-33-36-23)25(21)37(26(20)24)15-28(2,3)4/h5-8,11-14,20,24,26H,9-10,15H2,1-4H3,(H,33,36)(H,34,38)(H,35,39)/t20-,24+,26+/m0/s1. The number of fused-ring (bicyclic) bond motifs is 3. The van der Waals surface area contributed by atoms with E-state index < -0.39 is 5.57 Å². The molecule has 1 aliphatic heterocycles. The molecular formula is C29H32ClF2N5O3. The van der Waals surface area contributed by atoms with Gasteiger partial charge in [0.05, 0.1) is 17.4 Å². The molecule has 0 saturated heterocycles. The number of alkyl halides is 3. The highest BCUT2D eigenvalue weighted by Gasteiger charge is 2.49. The van der Waals surface area contributed by atoms with Crippen LogP contribution in [-0.4, -0.2) is 46.2 Å². The summed E-state index contributed by atoms with van der Waals surface area (Å²) < 4.78 is 30.2. The molecule has 3 aromatic rings. The Morgan fingerprint density at radius 3 is 2.48 bits per heavy atom. The van der Waals surface area contributed by atoms with Crippen LogP contribution in [-0.2, 0) is 4.79 Å². The Labute approximate surface area is 236 Å². The fourth-order valence-corrected chi connectivity index (χ4v) is 6.05. The van der Waals surface area contributed by atoms with Crippen LogP contribution >= 0.6 is 11.6 Å². The number of hydrogen-bond donors (Lipinski definition) is 3. The van der Waals surface area contributed by atoms with Crippen LogP contribution in [0.25, 0.3) is 11.3 Å². The first-order valence-corrected chi connectivity index (χ1v) is 13.6. The number of ether oxygens (including phenoxy) is 1. The van der Waals surface area contributed by atoms with Gasteiger partial charge in [-0.2, -0.15) is 5.10 Å². The van der Waals surface area contributed by atoms with E-state index in [4.69, 9.17) is 11.6 Å². The van der Waals surface area contributed by atoms with Crippen molar-refractivity contribution in [2.75, 3.05) is 16.8 Å². The Hall–Kier alpha value is -3.66. The summed E-state index contributed by atoms with van der Waals surface area (Å²) in [5.74, 6) is -0.395. The lowest BCUT2D eigenvalue weighted by molar-refractivity contribution is -0.119. The average molecular weight is 572 g/mol. The minimum absolute atomic E-state index is 0.00904. The Kier molecular flexibility index (Phi) is 7.24. The number of nitrogens with one attached hydrogen (secondary N) is 3. The van der Waals surface area contributed by atoms with Gasteiger partial charge in [0.1, 0.15) is 5.75 Å². The molecule has 0 unspecified atom stereocenters. The van der Waals surface area contributed by atoms with Gasteiger partial charge in [-0.15, -0.1) is 8.78 Å². The highest BCUT2D eigenvalue weighted by atomic mass is 35.5. The van der Waals surface area contributed by atoms with Crippen molar-refractivity contribution in [1.82, 2.24) is 15.5 Å². The zero-order valence-electron chi connectivity index (χ0n) is 22.7. The van der Waals surface area contributed by atoms with Crippen LogP contribution in [0.3, 0.4) is 0 Å². The maximum atomic E-state index is 13.5. The van der Waals surface area contributed by atoms with Crippen LogP contribution in [0.1, 0.15) is 62.4 Å². The number of halogens is 3. The molecule has 0 radical (unpaired) electrons. The number of hydrogen-bond acceptors (Lipinski definition) is 5. The van der Waals surface area contributed by atoms with Gasteiger partial charge in [0.2, 0.25) is 5.91 Å². The highest BCUT2D eigenvalue weighted by Crippen LogP contribution is 2.53. The summed E-state index contributed by atoms with van der Waals surface area (Å²) in [6.45, 7) is 8.86. The first-order chi connectivity index (χ1) is 18.8. The third-order valence-electron chi connectivity index (χ3n) is 7.23. The van der Waals surface area contributed by atoms with Crippen molar-refractivity contribution in [2.24, 2.45) is 5.41 Å². The number of carbonyl (C=O) groups is 2. The Morgan fingerprint density at radius 1 is 1.15 bits per heavy atom. The molecule has 2 aromatic carbocycles. The van der Waals surface area contributed by atoms with Gasteiger partial charge >= 0.3 is 5.57 Å². The van der Waals surface area contributed by atoms with Crippen molar-refractivity contribution in [3.05, 3.63) is 59.8 Å². The molecule has 2 heterocycles. The molecule has 8 nitrogen and oxygen atoms in total. The summed E-state index contributed by atoms with van der Waals surface area (Å²) in [6.07, 6.45) is 3.40. The summed E-state index contributed by atoms with van der Waals surface area (Å²) in [5, 5.41) is 13.2. The van der Waals surface area contributed by atoms with Gasteiger partial charge < -0.3 is 20.3 Å². The number of amides is 2. The number of carbonyl (C=O) groups excluding carboxylic acids is 2. The van der Waals surface area contributed by atoms with Crippen molar-refractivity contribution in [3.8, 4) is 17.0 Å². The normalized spacial score (nSPS) is 20.2. The lowest BCUT2D eigenvalue weighted by Gasteiger charge is -2.37. The van der Waals surface area contributed by atoms with Gasteiger partial charge in [-0.05, 0) is 66.3 Å².